The number of carbonyl (C=O) groups excluding carboxylic acids is 5. The number of rotatable bonds is 6. The van der Waals surface area contributed by atoms with Gasteiger partial charge < -0.3 is 14.1 Å². The Morgan fingerprint density at radius 1 is 1.22 bits per heavy atom. The lowest BCUT2D eigenvalue weighted by Gasteiger charge is -2.53. The Kier molecular flexibility index (Phi) is 6.00. The molecular weight excluding hydrogens is 380 g/mol. The van der Waals surface area contributed by atoms with E-state index in [1.54, 1.807) is 7.05 Å². The predicted octanol–water partition coefficient (Wildman–Crippen LogP) is 1.14. The molecule has 2 rings (SSSR count). The Morgan fingerprint density at radius 3 is 2.19 bits per heavy atom. The number of imide groups is 2. The van der Waals surface area contributed by atoms with E-state index in [1.165, 1.54) is 11.8 Å². The summed E-state index contributed by atoms with van der Waals surface area (Å²) in [6, 6.07) is 0. The molecule has 8 nitrogen and oxygen atoms in total. The minimum atomic E-state index is -3.02. The molecule has 2 aliphatic rings. The summed E-state index contributed by atoms with van der Waals surface area (Å²) in [7, 11) is 1.62. The molecule has 0 bridgehead atoms. The van der Waals surface area contributed by atoms with Crippen molar-refractivity contribution in [2.75, 3.05) is 7.05 Å². The molecule has 1 heterocycles. The van der Waals surface area contributed by atoms with E-state index < -0.39 is 45.3 Å². The van der Waals surface area contributed by atoms with Gasteiger partial charge in [-0.15, -0.1) is 0 Å². The molecule has 0 aromatic carbocycles. The Balaban J connectivity index is 2.11. The van der Waals surface area contributed by atoms with Crippen LogP contribution in [0.15, 0.2) is 0 Å². The van der Waals surface area contributed by atoms with E-state index in [1.807, 2.05) is 27.7 Å². The number of hydrogen-bond acceptors (Lipinski definition) is 5. The van der Waals surface area contributed by atoms with Gasteiger partial charge >= 0.3 is 30.7 Å². The van der Waals surface area contributed by atoms with Crippen molar-refractivity contribution in [3.05, 3.63) is 0 Å². The molecule has 10 heteroatoms. The molecule has 2 unspecified atom stereocenters. The number of hydrogen-bond donors (Lipinski definition) is 1. The first-order chi connectivity index (χ1) is 12.3. The van der Waals surface area contributed by atoms with Gasteiger partial charge in [0.25, 0.3) is 0 Å². The van der Waals surface area contributed by atoms with Crippen molar-refractivity contribution < 1.29 is 24.0 Å². The van der Waals surface area contributed by atoms with E-state index in [4.69, 9.17) is 0 Å². The van der Waals surface area contributed by atoms with Gasteiger partial charge in [-0.1, -0.05) is 13.8 Å². The topological polar surface area (TPSA) is 104 Å². The van der Waals surface area contributed by atoms with Crippen LogP contribution in [-0.4, -0.2) is 78.2 Å². The zero-order chi connectivity index (χ0) is 20.9. The summed E-state index contributed by atoms with van der Waals surface area (Å²) in [4.78, 5) is 62.1. The molecule has 1 saturated heterocycles. The molecule has 0 aromatic heterocycles. The van der Waals surface area contributed by atoms with E-state index in [2.05, 4.69) is 5.32 Å². The summed E-state index contributed by atoms with van der Waals surface area (Å²) in [5.74, 6) is -0.235. The first-order valence-electron chi connectivity index (χ1n) is 9.02. The lowest BCUT2D eigenvalue weighted by atomic mass is 9.70. The van der Waals surface area contributed by atoms with Crippen LogP contribution >= 0.6 is 0 Å². The zero-order valence-electron chi connectivity index (χ0n) is 16.8. The summed E-state index contributed by atoms with van der Waals surface area (Å²) in [5, 5.41) is 2.66. The van der Waals surface area contributed by atoms with E-state index in [0.29, 0.717) is 6.42 Å². The molecule has 2 fully saturated rings. The molecule has 1 aliphatic carbocycles. The lowest BCUT2D eigenvalue weighted by Crippen LogP contribution is -2.76. The Hall–Kier alpha value is -1.19. The molecule has 145 valence electrons. The van der Waals surface area contributed by atoms with Crippen molar-refractivity contribution in [3.63, 3.8) is 0 Å². The molecule has 0 aromatic rings. The number of nitrogens with zero attached hydrogens (tertiary/aromatic N) is 2. The van der Waals surface area contributed by atoms with Gasteiger partial charge in [-0.05, 0) is 38.0 Å². The average molecular weight is 406 g/mol. The third kappa shape index (κ3) is 3.73. The van der Waals surface area contributed by atoms with Crippen molar-refractivity contribution in [2.45, 2.75) is 53.0 Å². The summed E-state index contributed by atoms with van der Waals surface area (Å²) >= 11 is -1.96. The normalized spacial score (nSPS) is 22.3. The van der Waals surface area contributed by atoms with Gasteiger partial charge in [0, 0.05) is 25.4 Å². The van der Waals surface area contributed by atoms with Crippen LogP contribution in [0.5, 0.6) is 0 Å². The van der Waals surface area contributed by atoms with Gasteiger partial charge in [0.05, 0.1) is 0 Å². The lowest BCUT2D eigenvalue weighted by molar-refractivity contribution is -0.123. The predicted molar refractivity (Wildman–Crippen MR) is 102 cm³/mol. The third-order valence-electron chi connectivity index (χ3n) is 6.32. The van der Waals surface area contributed by atoms with Gasteiger partial charge in [-0.2, -0.15) is 0 Å². The van der Waals surface area contributed by atoms with Crippen molar-refractivity contribution in [1.29, 1.82) is 0 Å². The van der Waals surface area contributed by atoms with Gasteiger partial charge in [0.2, 0.25) is 5.91 Å². The fourth-order valence-electron chi connectivity index (χ4n) is 3.67. The third-order valence-corrected chi connectivity index (χ3v) is 9.75. The highest BCUT2D eigenvalue weighted by Gasteiger charge is 2.66. The molecule has 2 atom stereocenters. The fraction of sp³-hybridized carbons (Fsp3) is 0.706. The number of carbonyl (C=O) groups is 5. The van der Waals surface area contributed by atoms with E-state index in [9.17, 15) is 24.0 Å². The second-order valence-electron chi connectivity index (χ2n) is 8.59. The molecule has 27 heavy (non-hydrogen) atoms. The summed E-state index contributed by atoms with van der Waals surface area (Å²) in [5.41, 5.74) is -1.22. The van der Waals surface area contributed by atoms with Crippen molar-refractivity contribution in [3.8, 4) is 0 Å². The second-order valence-corrected chi connectivity index (χ2v) is 11.6. The highest BCUT2D eigenvalue weighted by atomic mass is 27.2. The van der Waals surface area contributed by atoms with Crippen LogP contribution in [0.25, 0.3) is 0 Å². The SMILES string of the molecule is CNC(=O)C1CC1CC(C)(C)C(C)(C)N1[C](=O)[Al]([C](=O)[N]([AlH])C(C)=O)[C]1=O. The van der Waals surface area contributed by atoms with Gasteiger partial charge in [0.1, 0.15) is 4.77 Å². The highest BCUT2D eigenvalue weighted by molar-refractivity contribution is 7.33. The molecule has 1 N–H and O–H groups in total. The minimum absolute atomic E-state index is 0.0122. The fourth-order valence-corrected chi connectivity index (χ4v) is 6.55. The number of amides is 5. The van der Waals surface area contributed by atoms with Crippen LogP contribution in [0, 0.1) is 17.3 Å². The van der Waals surface area contributed by atoms with Crippen molar-refractivity contribution in [1.82, 2.24) is 14.1 Å². The quantitative estimate of drug-likeness (QED) is 0.667. The maximum atomic E-state index is 12.7. The van der Waals surface area contributed by atoms with E-state index in [-0.39, 0.29) is 17.7 Å². The monoisotopic (exact) mass is 406 g/mol. The maximum Gasteiger partial charge on any atom is 0.646 e. The molecule has 1 radical (unpaired) electrons. The first-order valence-corrected chi connectivity index (χ1v) is 11.4. The highest BCUT2D eigenvalue weighted by Crippen LogP contribution is 2.51. The van der Waals surface area contributed by atoms with Crippen LogP contribution in [0.3, 0.4) is 0 Å². The van der Waals surface area contributed by atoms with Crippen LogP contribution in [0.1, 0.15) is 47.5 Å². The Labute approximate surface area is 172 Å². The second kappa shape index (κ2) is 7.33. The molecular formula is C17H26Al2N3O5. The number of nitrogens with one attached hydrogen (secondary N) is 1. The van der Waals surface area contributed by atoms with Crippen LogP contribution in [0.2, 0.25) is 0 Å². The zero-order valence-corrected chi connectivity index (χ0v) is 19.4. The molecule has 0 spiro atoms. The molecule has 5 amide bonds. The smallest absolute Gasteiger partial charge is 0.405 e. The van der Waals surface area contributed by atoms with Gasteiger partial charge in [-0.25, -0.2) is 0 Å². The van der Waals surface area contributed by atoms with Crippen LogP contribution in [0.4, 0.5) is 14.4 Å². The van der Waals surface area contributed by atoms with E-state index in [0.717, 1.165) is 26.8 Å². The minimum Gasteiger partial charge on any atom is -0.405 e. The molecule has 1 saturated carbocycles. The molecule has 1 aliphatic heterocycles. The Morgan fingerprint density at radius 2 is 1.74 bits per heavy atom. The van der Waals surface area contributed by atoms with Gasteiger partial charge in [0.15, 0.2) is 15.4 Å². The Bertz CT molecular complexity index is 705. The standard InChI is InChI=1S/C14H22N2O3.C3H3NO2.2Al.H/c1-13(2,14(3,4)16(8-17)9-18)7-10-6-11(10)12(19)15-5;1-3(6)4-2-5;;;/h10-11H,6-7H2,1-5H3,(H,15,19);1H3;;;/q;-1;;+1;. The van der Waals surface area contributed by atoms with E-state index >= 15 is 0 Å². The maximum absolute atomic E-state index is 12.7. The van der Waals surface area contributed by atoms with Gasteiger partial charge in [-0.3, -0.25) is 24.0 Å². The average Bonchev–Trinajstić information content (AvgIpc) is 3.31. The van der Waals surface area contributed by atoms with Crippen LogP contribution in [-0.2, 0) is 9.59 Å². The first kappa shape index (κ1) is 22.1. The summed E-state index contributed by atoms with van der Waals surface area (Å²) in [6.45, 7) is 8.84. The largest absolute Gasteiger partial charge is 0.646 e. The summed E-state index contributed by atoms with van der Waals surface area (Å²) < 4.78 is -0.609. The van der Waals surface area contributed by atoms with Crippen molar-refractivity contribution >= 4 is 56.8 Å². The van der Waals surface area contributed by atoms with Crippen molar-refractivity contribution in [2.24, 2.45) is 17.3 Å². The summed E-state index contributed by atoms with van der Waals surface area (Å²) in [6.07, 6.45) is 1.51. The van der Waals surface area contributed by atoms with Crippen LogP contribution < -0.4 is 5.32 Å².